The molecule has 3 aromatic rings. The first-order valence-corrected chi connectivity index (χ1v) is 7.61. The molecule has 7 nitrogen and oxygen atoms in total. The number of aromatic nitrogens is 5. The summed E-state index contributed by atoms with van der Waals surface area (Å²) in [6.07, 6.45) is 8.81. The van der Waals surface area contributed by atoms with Crippen molar-refractivity contribution in [2.45, 2.75) is 0 Å². The van der Waals surface area contributed by atoms with Gasteiger partial charge in [0.15, 0.2) is 0 Å². The highest BCUT2D eigenvalue weighted by atomic mass is 15.3. The van der Waals surface area contributed by atoms with E-state index in [2.05, 4.69) is 35.8 Å². The minimum absolute atomic E-state index is 0.833. The van der Waals surface area contributed by atoms with E-state index in [1.165, 1.54) is 0 Å². The number of anilines is 2. The molecule has 0 radical (unpaired) electrons. The number of pyridine rings is 1. The van der Waals surface area contributed by atoms with Crippen LogP contribution >= 0.6 is 0 Å². The third kappa shape index (κ3) is 2.85. The molecular weight excluding hydrogens is 290 g/mol. The van der Waals surface area contributed by atoms with Crippen molar-refractivity contribution in [3.63, 3.8) is 0 Å². The maximum atomic E-state index is 4.42. The van der Waals surface area contributed by atoms with Crippen LogP contribution in [0, 0.1) is 0 Å². The summed E-state index contributed by atoms with van der Waals surface area (Å²) in [6.45, 7) is 3.69. The van der Waals surface area contributed by atoms with Gasteiger partial charge >= 0.3 is 0 Å². The molecule has 23 heavy (non-hydrogen) atoms. The molecule has 0 amide bonds. The Balaban J connectivity index is 1.47. The van der Waals surface area contributed by atoms with Crippen molar-refractivity contribution in [2.24, 2.45) is 0 Å². The molecule has 4 rings (SSSR count). The summed E-state index contributed by atoms with van der Waals surface area (Å²) in [5.41, 5.74) is 0. The average molecular weight is 307 g/mol. The highest BCUT2D eigenvalue weighted by Crippen LogP contribution is 2.18. The Morgan fingerprint density at radius 1 is 0.783 bits per heavy atom. The van der Waals surface area contributed by atoms with E-state index < -0.39 is 0 Å². The van der Waals surface area contributed by atoms with Gasteiger partial charge in [0, 0.05) is 50.8 Å². The fourth-order valence-corrected chi connectivity index (χ4v) is 2.75. The van der Waals surface area contributed by atoms with Crippen LogP contribution in [0.5, 0.6) is 0 Å². The van der Waals surface area contributed by atoms with E-state index in [1.54, 1.807) is 18.9 Å². The number of nitrogens with zero attached hydrogens (tertiary/aromatic N) is 7. The number of rotatable bonds is 3. The van der Waals surface area contributed by atoms with Crippen LogP contribution in [-0.4, -0.2) is 50.7 Å². The average Bonchev–Trinajstić information content (AvgIpc) is 3.18. The van der Waals surface area contributed by atoms with Gasteiger partial charge in [0.1, 0.15) is 30.1 Å². The molecule has 0 saturated carbocycles. The summed E-state index contributed by atoms with van der Waals surface area (Å²) in [5.74, 6) is 2.82. The van der Waals surface area contributed by atoms with E-state index in [4.69, 9.17) is 0 Å². The molecule has 3 aromatic heterocycles. The predicted molar refractivity (Wildman–Crippen MR) is 87.8 cm³/mol. The molecule has 0 aromatic carbocycles. The van der Waals surface area contributed by atoms with Gasteiger partial charge in [-0.3, -0.25) is 4.57 Å². The van der Waals surface area contributed by atoms with Crippen LogP contribution in [0.4, 0.5) is 11.6 Å². The maximum absolute atomic E-state index is 4.42. The lowest BCUT2D eigenvalue weighted by Crippen LogP contribution is -2.47. The zero-order valence-electron chi connectivity index (χ0n) is 12.7. The van der Waals surface area contributed by atoms with E-state index in [9.17, 15) is 0 Å². The summed E-state index contributed by atoms with van der Waals surface area (Å²) >= 11 is 0. The van der Waals surface area contributed by atoms with Crippen LogP contribution in [0.25, 0.3) is 5.82 Å². The van der Waals surface area contributed by atoms with Gasteiger partial charge in [0.2, 0.25) is 0 Å². The van der Waals surface area contributed by atoms with E-state index in [-0.39, 0.29) is 0 Å². The van der Waals surface area contributed by atoms with Gasteiger partial charge < -0.3 is 9.80 Å². The van der Waals surface area contributed by atoms with Crippen LogP contribution in [-0.2, 0) is 0 Å². The Labute approximate surface area is 134 Å². The molecule has 0 atom stereocenters. The van der Waals surface area contributed by atoms with E-state index in [1.807, 2.05) is 35.2 Å². The molecule has 1 aliphatic rings. The van der Waals surface area contributed by atoms with Crippen molar-refractivity contribution in [3.05, 3.63) is 55.5 Å². The first kappa shape index (κ1) is 13.7. The van der Waals surface area contributed by atoms with Crippen LogP contribution < -0.4 is 9.80 Å². The number of piperazine rings is 1. The van der Waals surface area contributed by atoms with Crippen molar-refractivity contribution >= 4 is 11.6 Å². The van der Waals surface area contributed by atoms with Gasteiger partial charge in [-0.25, -0.2) is 19.9 Å². The molecular formula is C16H17N7. The molecule has 0 aliphatic carbocycles. The van der Waals surface area contributed by atoms with E-state index >= 15 is 0 Å². The monoisotopic (exact) mass is 307 g/mol. The van der Waals surface area contributed by atoms with Gasteiger partial charge in [-0.2, -0.15) is 0 Å². The fourth-order valence-electron chi connectivity index (χ4n) is 2.75. The molecule has 0 spiro atoms. The molecule has 1 aliphatic heterocycles. The SMILES string of the molecule is c1ccc(N2CCN(c3cc(-n4ccnc4)ncn3)CC2)nc1. The summed E-state index contributed by atoms with van der Waals surface area (Å²) < 4.78 is 1.88. The highest BCUT2D eigenvalue weighted by molar-refractivity contribution is 5.47. The van der Waals surface area contributed by atoms with Gasteiger partial charge in [-0.15, -0.1) is 0 Å². The van der Waals surface area contributed by atoms with Crippen LogP contribution in [0.1, 0.15) is 0 Å². The van der Waals surface area contributed by atoms with Crippen molar-refractivity contribution < 1.29 is 0 Å². The van der Waals surface area contributed by atoms with Crippen LogP contribution in [0.2, 0.25) is 0 Å². The smallest absolute Gasteiger partial charge is 0.143 e. The second-order valence-corrected chi connectivity index (χ2v) is 5.37. The molecule has 116 valence electrons. The standard InChI is InChI=1S/C16H17N7/c1-2-4-18-14(3-1)21-7-9-22(10-8-21)15-11-16(20-12-19-15)23-6-5-17-13-23/h1-6,11-13H,7-10H2. The molecule has 1 fully saturated rings. The summed E-state index contributed by atoms with van der Waals surface area (Å²) in [7, 11) is 0. The van der Waals surface area contributed by atoms with Gasteiger partial charge in [-0.1, -0.05) is 6.07 Å². The third-order valence-corrected chi connectivity index (χ3v) is 3.98. The zero-order chi connectivity index (χ0) is 15.5. The Hall–Kier alpha value is -2.96. The number of hydrogen-bond donors (Lipinski definition) is 0. The lowest BCUT2D eigenvalue weighted by molar-refractivity contribution is 0.640. The molecule has 0 N–H and O–H groups in total. The van der Waals surface area contributed by atoms with E-state index in [0.717, 1.165) is 43.6 Å². The predicted octanol–water partition coefficient (Wildman–Crippen LogP) is 1.38. The number of imidazole rings is 1. The Kier molecular flexibility index (Phi) is 3.59. The largest absolute Gasteiger partial charge is 0.353 e. The van der Waals surface area contributed by atoms with Crippen LogP contribution in [0.3, 0.4) is 0 Å². The van der Waals surface area contributed by atoms with Crippen molar-refractivity contribution in [3.8, 4) is 5.82 Å². The minimum Gasteiger partial charge on any atom is -0.353 e. The van der Waals surface area contributed by atoms with Crippen molar-refractivity contribution in [2.75, 3.05) is 36.0 Å². The minimum atomic E-state index is 0.833. The first-order valence-electron chi connectivity index (χ1n) is 7.61. The van der Waals surface area contributed by atoms with Crippen LogP contribution in [0.15, 0.2) is 55.5 Å². The lowest BCUT2D eigenvalue weighted by Gasteiger charge is -2.36. The molecule has 1 saturated heterocycles. The van der Waals surface area contributed by atoms with E-state index in [0.29, 0.717) is 0 Å². The first-order chi connectivity index (χ1) is 11.4. The Bertz CT molecular complexity index is 749. The molecule has 0 unspecified atom stereocenters. The Morgan fingerprint density at radius 2 is 1.57 bits per heavy atom. The second-order valence-electron chi connectivity index (χ2n) is 5.37. The summed E-state index contributed by atoms with van der Waals surface area (Å²) in [6, 6.07) is 8.02. The molecule has 4 heterocycles. The zero-order valence-corrected chi connectivity index (χ0v) is 12.7. The van der Waals surface area contributed by atoms with Gasteiger partial charge in [0.25, 0.3) is 0 Å². The van der Waals surface area contributed by atoms with Gasteiger partial charge in [0.05, 0.1) is 0 Å². The molecule has 7 heteroatoms. The quantitative estimate of drug-likeness (QED) is 0.728. The maximum Gasteiger partial charge on any atom is 0.143 e. The lowest BCUT2D eigenvalue weighted by atomic mass is 10.3. The third-order valence-electron chi connectivity index (χ3n) is 3.98. The summed E-state index contributed by atoms with van der Waals surface area (Å²) in [5, 5.41) is 0. The number of hydrogen-bond acceptors (Lipinski definition) is 6. The summed E-state index contributed by atoms with van der Waals surface area (Å²) in [4.78, 5) is 21.8. The van der Waals surface area contributed by atoms with Gasteiger partial charge in [-0.05, 0) is 12.1 Å². The normalized spacial score (nSPS) is 15.0. The van der Waals surface area contributed by atoms with Crippen molar-refractivity contribution in [1.29, 1.82) is 0 Å². The Morgan fingerprint density at radius 3 is 2.26 bits per heavy atom. The topological polar surface area (TPSA) is 63.0 Å². The fraction of sp³-hybridized carbons (Fsp3) is 0.250. The van der Waals surface area contributed by atoms with Crippen molar-refractivity contribution in [1.82, 2.24) is 24.5 Å². The second kappa shape index (κ2) is 6.04. The highest BCUT2D eigenvalue weighted by Gasteiger charge is 2.19. The molecule has 0 bridgehead atoms.